The first kappa shape index (κ1) is 24.3. The van der Waals surface area contributed by atoms with Gasteiger partial charge in [-0.2, -0.15) is 0 Å². The van der Waals surface area contributed by atoms with Crippen molar-refractivity contribution in [2.75, 3.05) is 13.7 Å². The van der Waals surface area contributed by atoms with Crippen LogP contribution in [0, 0.1) is 6.92 Å². The number of ether oxygens (including phenoxy) is 2. The number of pyridine rings is 2. The van der Waals surface area contributed by atoms with Crippen LogP contribution < -0.4 is 15.6 Å². The van der Waals surface area contributed by atoms with Gasteiger partial charge in [-0.15, -0.1) is 0 Å². The minimum Gasteiger partial charge on any atom is -0.496 e. The number of nitrogens with one attached hydrogen (secondary N) is 2. The molecule has 0 spiro atoms. The lowest BCUT2D eigenvalue weighted by atomic mass is 9.92. The smallest absolute Gasteiger partial charge is 0.407 e. The van der Waals surface area contributed by atoms with Crippen LogP contribution in [0.5, 0.6) is 5.75 Å². The fourth-order valence-electron chi connectivity index (χ4n) is 4.27. The number of nitrogens with zero attached hydrogens (tertiary/aromatic N) is 1. The van der Waals surface area contributed by atoms with Crippen LogP contribution in [0.25, 0.3) is 32.9 Å². The third-order valence-electron chi connectivity index (χ3n) is 5.96. The van der Waals surface area contributed by atoms with E-state index in [1.165, 1.54) is 0 Å². The highest BCUT2D eigenvalue weighted by atomic mass is 16.6. The Labute approximate surface area is 204 Å². The Morgan fingerprint density at radius 1 is 1.17 bits per heavy atom. The van der Waals surface area contributed by atoms with E-state index >= 15 is 0 Å². The SMILES string of the molecule is COc1cc(C)c2[nH]c(=O)c3ncccc3c2c1-c1ccc(C(C)CNC(=O)OC(C)(C)C)cc1. The van der Waals surface area contributed by atoms with Gasteiger partial charge in [0.25, 0.3) is 5.56 Å². The average molecular weight is 474 g/mol. The number of rotatable bonds is 5. The summed E-state index contributed by atoms with van der Waals surface area (Å²) in [6, 6.07) is 13.9. The number of carbonyl (C=O) groups excluding carboxylic acids is 1. The van der Waals surface area contributed by atoms with Gasteiger partial charge in [-0.1, -0.05) is 37.3 Å². The number of methoxy groups -OCH3 is 1. The van der Waals surface area contributed by atoms with Crippen LogP contribution >= 0.6 is 0 Å². The molecule has 2 N–H and O–H groups in total. The third-order valence-corrected chi connectivity index (χ3v) is 5.96. The molecule has 182 valence electrons. The molecule has 35 heavy (non-hydrogen) atoms. The van der Waals surface area contributed by atoms with Crippen LogP contribution in [-0.4, -0.2) is 35.3 Å². The Morgan fingerprint density at radius 2 is 1.89 bits per heavy atom. The van der Waals surface area contributed by atoms with Crippen LogP contribution in [-0.2, 0) is 4.74 Å². The minimum atomic E-state index is -0.533. The van der Waals surface area contributed by atoms with Crippen LogP contribution in [0.2, 0.25) is 0 Å². The monoisotopic (exact) mass is 473 g/mol. The molecular weight excluding hydrogens is 442 g/mol. The molecule has 0 aliphatic heterocycles. The zero-order valence-corrected chi connectivity index (χ0v) is 21.0. The van der Waals surface area contributed by atoms with Gasteiger partial charge in [0.2, 0.25) is 0 Å². The van der Waals surface area contributed by atoms with Gasteiger partial charge in [0.1, 0.15) is 16.9 Å². The van der Waals surface area contributed by atoms with E-state index in [1.54, 1.807) is 13.3 Å². The molecule has 0 bridgehead atoms. The van der Waals surface area contributed by atoms with Crippen molar-refractivity contribution in [3.8, 4) is 16.9 Å². The summed E-state index contributed by atoms with van der Waals surface area (Å²) in [5, 5.41) is 4.52. The second kappa shape index (κ2) is 9.41. The summed E-state index contributed by atoms with van der Waals surface area (Å²) in [5.74, 6) is 0.814. The summed E-state index contributed by atoms with van der Waals surface area (Å²) in [6.45, 7) is 9.99. The van der Waals surface area contributed by atoms with E-state index in [4.69, 9.17) is 9.47 Å². The molecule has 2 aromatic heterocycles. The molecule has 4 rings (SSSR count). The van der Waals surface area contributed by atoms with Gasteiger partial charge < -0.3 is 19.8 Å². The summed E-state index contributed by atoms with van der Waals surface area (Å²) >= 11 is 0. The highest BCUT2D eigenvalue weighted by Crippen LogP contribution is 2.40. The number of carbonyl (C=O) groups is 1. The van der Waals surface area contributed by atoms with Crippen molar-refractivity contribution in [2.45, 2.75) is 46.1 Å². The van der Waals surface area contributed by atoms with Gasteiger partial charge in [-0.25, -0.2) is 4.79 Å². The van der Waals surface area contributed by atoms with E-state index < -0.39 is 11.7 Å². The Bertz CT molecular complexity index is 1450. The Morgan fingerprint density at radius 3 is 2.54 bits per heavy atom. The fraction of sp³-hybridized carbons (Fsp3) is 0.321. The van der Waals surface area contributed by atoms with Gasteiger partial charge in [-0.3, -0.25) is 9.78 Å². The van der Waals surface area contributed by atoms with Crippen LogP contribution in [0.3, 0.4) is 0 Å². The lowest BCUT2D eigenvalue weighted by Gasteiger charge is -2.21. The Kier molecular flexibility index (Phi) is 6.52. The number of hydrogen-bond acceptors (Lipinski definition) is 5. The lowest BCUT2D eigenvalue weighted by molar-refractivity contribution is 0.0525. The van der Waals surface area contributed by atoms with Crippen molar-refractivity contribution >= 4 is 27.9 Å². The van der Waals surface area contributed by atoms with Crippen LogP contribution in [0.15, 0.2) is 53.5 Å². The number of hydrogen-bond donors (Lipinski definition) is 2. The molecule has 7 nitrogen and oxygen atoms in total. The molecule has 7 heteroatoms. The molecule has 2 heterocycles. The molecule has 0 saturated heterocycles. The van der Waals surface area contributed by atoms with Crippen molar-refractivity contribution in [3.05, 3.63) is 70.1 Å². The molecule has 0 fully saturated rings. The maximum atomic E-state index is 12.7. The van der Waals surface area contributed by atoms with Gasteiger partial charge in [-0.05, 0) is 62.4 Å². The van der Waals surface area contributed by atoms with Crippen molar-refractivity contribution in [3.63, 3.8) is 0 Å². The van der Waals surface area contributed by atoms with E-state index in [1.807, 2.05) is 70.2 Å². The quantitative estimate of drug-likeness (QED) is 0.363. The van der Waals surface area contributed by atoms with Gasteiger partial charge in [0.05, 0.1) is 12.6 Å². The first-order valence-electron chi connectivity index (χ1n) is 11.6. The summed E-state index contributed by atoms with van der Waals surface area (Å²) in [6.07, 6.45) is 1.20. The molecule has 4 aromatic rings. The van der Waals surface area contributed by atoms with Gasteiger partial charge in [0.15, 0.2) is 0 Å². The third kappa shape index (κ3) is 4.99. The number of aromatic nitrogens is 2. The predicted octanol–water partition coefficient (Wildman–Crippen LogP) is 5.69. The molecule has 1 amide bonds. The van der Waals surface area contributed by atoms with Crippen molar-refractivity contribution in [2.24, 2.45) is 0 Å². The van der Waals surface area contributed by atoms with Crippen molar-refractivity contribution in [1.82, 2.24) is 15.3 Å². The Balaban J connectivity index is 1.73. The number of aryl methyl sites for hydroxylation is 1. The predicted molar refractivity (Wildman–Crippen MR) is 139 cm³/mol. The number of fused-ring (bicyclic) bond motifs is 3. The van der Waals surface area contributed by atoms with E-state index in [2.05, 4.69) is 22.2 Å². The Hall–Kier alpha value is -3.87. The zero-order chi connectivity index (χ0) is 25.3. The second-order valence-electron chi connectivity index (χ2n) is 9.78. The van der Waals surface area contributed by atoms with Gasteiger partial charge in [0, 0.05) is 29.1 Å². The topological polar surface area (TPSA) is 93.3 Å². The van der Waals surface area contributed by atoms with Crippen molar-refractivity contribution in [1.29, 1.82) is 0 Å². The molecular formula is C28H31N3O4. The fourth-order valence-corrected chi connectivity index (χ4v) is 4.27. The molecule has 0 radical (unpaired) electrons. The standard InChI is InChI=1S/C28H31N3O4/c1-16-14-21(34-6)22(23-20-8-7-13-29-25(20)26(32)31-24(16)23)19-11-9-18(10-12-19)17(2)15-30-27(33)35-28(3,4)5/h7-14,17H,15H2,1-6H3,(H,30,33)(H,31,32). The summed E-state index contributed by atoms with van der Waals surface area (Å²) in [4.78, 5) is 32.0. The normalized spacial score (nSPS) is 12.5. The highest BCUT2D eigenvalue weighted by Gasteiger charge is 2.19. The summed E-state index contributed by atoms with van der Waals surface area (Å²) in [7, 11) is 1.65. The van der Waals surface area contributed by atoms with E-state index in [9.17, 15) is 9.59 Å². The van der Waals surface area contributed by atoms with Gasteiger partial charge >= 0.3 is 6.09 Å². The maximum Gasteiger partial charge on any atom is 0.407 e. The number of alkyl carbamates (subject to hydrolysis) is 1. The number of benzene rings is 2. The van der Waals surface area contributed by atoms with Crippen LogP contribution in [0.4, 0.5) is 4.79 Å². The summed E-state index contributed by atoms with van der Waals surface area (Å²) < 4.78 is 11.1. The van der Waals surface area contributed by atoms with E-state index in [0.29, 0.717) is 12.1 Å². The molecule has 1 atom stereocenters. The van der Waals surface area contributed by atoms with E-state index in [0.717, 1.165) is 44.3 Å². The highest BCUT2D eigenvalue weighted by molar-refractivity contribution is 6.14. The average Bonchev–Trinajstić information content (AvgIpc) is 2.82. The lowest BCUT2D eigenvalue weighted by Crippen LogP contribution is -2.34. The zero-order valence-electron chi connectivity index (χ0n) is 21.0. The first-order valence-corrected chi connectivity index (χ1v) is 11.6. The number of H-pyrrole nitrogens is 1. The molecule has 0 aliphatic rings. The van der Waals surface area contributed by atoms with E-state index in [-0.39, 0.29) is 11.5 Å². The number of aromatic amines is 1. The minimum absolute atomic E-state index is 0.0922. The van der Waals surface area contributed by atoms with Crippen LogP contribution in [0.1, 0.15) is 44.7 Å². The first-order chi connectivity index (χ1) is 16.6. The molecule has 0 aliphatic carbocycles. The molecule has 1 unspecified atom stereocenters. The summed E-state index contributed by atoms with van der Waals surface area (Å²) in [5.41, 5.74) is 4.27. The number of amides is 1. The second-order valence-corrected chi connectivity index (χ2v) is 9.78. The molecule has 0 saturated carbocycles. The largest absolute Gasteiger partial charge is 0.496 e. The molecule has 2 aromatic carbocycles. The maximum absolute atomic E-state index is 12.7. The van der Waals surface area contributed by atoms with Crippen molar-refractivity contribution < 1.29 is 14.3 Å².